The first kappa shape index (κ1) is 28.8. The number of pyridine rings is 1. The highest BCUT2D eigenvalue weighted by Gasteiger charge is 2.30. The molecule has 2 aromatic carbocycles. The van der Waals surface area contributed by atoms with Crippen molar-refractivity contribution in [1.29, 1.82) is 0 Å². The molecule has 0 radical (unpaired) electrons. The Morgan fingerprint density at radius 3 is 2.21 bits per heavy atom. The zero-order chi connectivity index (χ0) is 27.5. The monoisotopic (exact) mass is 536 g/mol. The van der Waals surface area contributed by atoms with Gasteiger partial charge in [0.1, 0.15) is 23.7 Å². The molecule has 1 fully saturated rings. The maximum absolute atomic E-state index is 6.50. The van der Waals surface area contributed by atoms with E-state index in [0.29, 0.717) is 31.5 Å². The summed E-state index contributed by atoms with van der Waals surface area (Å²) in [6.45, 7) is 1.19. The van der Waals surface area contributed by atoms with E-state index in [9.17, 15) is 0 Å². The van der Waals surface area contributed by atoms with Gasteiger partial charge in [-0.05, 0) is 60.9 Å². The van der Waals surface area contributed by atoms with Crippen molar-refractivity contribution in [3.05, 3.63) is 83.7 Å². The summed E-state index contributed by atoms with van der Waals surface area (Å²) >= 11 is 0. The maximum atomic E-state index is 6.50. The van der Waals surface area contributed by atoms with Gasteiger partial charge in [0, 0.05) is 27.5 Å². The number of aromatic nitrogens is 1. The van der Waals surface area contributed by atoms with Crippen molar-refractivity contribution >= 4 is 5.69 Å². The summed E-state index contributed by atoms with van der Waals surface area (Å²) in [5, 5.41) is 2.04. The van der Waals surface area contributed by atoms with Gasteiger partial charge in [-0.15, -0.1) is 0 Å². The van der Waals surface area contributed by atoms with Crippen LogP contribution in [-0.4, -0.2) is 52.4 Å². The highest BCUT2D eigenvalue weighted by atomic mass is 16.7. The molecule has 39 heavy (non-hydrogen) atoms. The highest BCUT2D eigenvalue weighted by Crippen LogP contribution is 2.40. The van der Waals surface area contributed by atoms with Crippen LogP contribution in [-0.2, 0) is 32.3 Å². The normalized spacial score (nSPS) is 17.3. The first-order valence-electron chi connectivity index (χ1n) is 13.4. The third-order valence-corrected chi connectivity index (χ3v) is 7.18. The number of ether oxygens (including phenoxy) is 5. The van der Waals surface area contributed by atoms with E-state index in [-0.39, 0.29) is 12.3 Å². The Morgan fingerprint density at radius 2 is 1.56 bits per heavy atom. The van der Waals surface area contributed by atoms with Crippen LogP contribution in [0.2, 0.25) is 0 Å². The quantitative estimate of drug-likeness (QED) is 0.186. The predicted octanol–water partition coefficient (Wildman–Crippen LogP) is 5.90. The van der Waals surface area contributed by atoms with Crippen molar-refractivity contribution in [2.24, 2.45) is 0 Å². The summed E-state index contributed by atoms with van der Waals surface area (Å²) < 4.78 is 27.4. The minimum absolute atomic E-state index is 0.208. The number of nitrogens with zero attached hydrogens (tertiary/aromatic N) is 2. The number of methoxy groups -OCH3 is 4. The summed E-state index contributed by atoms with van der Waals surface area (Å²) in [6.07, 6.45) is 5.52. The van der Waals surface area contributed by atoms with E-state index in [1.165, 1.54) is 5.56 Å². The molecule has 0 N–H and O–H groups in total. The molecule has 0 saturated heterocycles. The second-order valence-corrected chi connectivity index (χ2v) is 9.61. The lowest BCUT2D eigenvalue weighted by molar-refractivity contribution is -0.121. The Labute approximate surface area is 231 Å². The van der Waals surface area contributed by atoms with Crippen LogP contribution in [0, 0.1) is 0 Å². The molecular formula is C31H40N2O6. The lowest BCUT2D eigenvalue weighted by atomic mass is 9.81. The molecule has 1 heterocycles. The largest absolute Gasteiger partial charge is 0.492 e. The molecule has 210 valence electrons. The second-order valence-electron chi connectivity index (χ2n) is 9.61. The molecule has 0 amide bonds. The number of anilines is 1. The molecule has 1 aliphatic rings. The number of rotatable bonds is 14. The minimum Gasteiger partial charge on any atom is -0.492 e. The van der Waals surface area contributed by atoms with E-state index in [4.69, 9.17) is 28.5 Å². The molecule has 4 rings (SSSR count). The van der Waals surface area contributed by atoms with E-state index in [2.05, 4.69) is 29.2 Å². The maximum Gasteiger partial charge on any atom is 0.191 e. The Kier molecular flexibility index (Phi) is 11.0. The molecule has 0 unspecified atom stereocenters. The zero-order valence-electron chi connectivity index (χ0n) is 23.4. The van der Waals surface area contributed by atoms with Gasteiger partial charge in [0.2, 0.25) is 0 Å². The lowest BCUT2D eigenvalue weighted by Crippen LogP contribution is -2.38. The fourth-order valence-corrected chi connectivity index (χ4v) is 5.08. The van der Waals surface area contributed by atoms with Crippen LogP contribution in [0.25, 0.3) is 0 Å². The third-order valence-electron chi connectivity index (χ3n) is 7.18. The van der Waals surface area contributed by atoms with E-state index < -0.39 is 0 Å². The van der Waals surface area contributed by atoms with Gasteiger partial charge in [0.15, 0.2) is 12.0 Å². The third kappa shape index (κ3) is 7.70. The van der Waals surface area contributed by atoms with Crippen LogP contribution in [0.4, 0.5) is 5.69 Å². The van der Waals surface area contributed by atoms with Crippen LogP contribution in [0.1, 0.15) is 48.4 Å². The smallest absolute Gasteiger partial charge is 0.191 e. The van der Waals surface area contributed by atoms with Crippen molar-refractivity contribution < 1.29 is 28.5 Å². The lowest BCUT2D eigenvalue weighted by Gasteiger charge is -2.38. The molecule has 0 spiro atoms. The van der Waals surface area contributed by atoms with Crippen molar-refractivity contribution in [3.63, 3.8) is 0 Å². The molecule has 0 bridgehead atoms. The molecule has 0 aliphatic heterocycles. The molecule has 3 aromatic rings. The van der Waals surface area contributed by atoms with E-state index in [1.54, 1.807) is 34.6 Å². The minimum atomic E-state index is -0.378. The van der Waals surface area contributed by atoms with Gasteiger partial charge < -0.3 is 23.7 Å². The van der Waals surface area contributed by atoms with Crippen molar-refractivity contribution in [3.8, 4) is 11.5 Å². The van der Waals surface area contributed by atoms with Crippen LogP contribution in [0.15, 0.2) is 66.9 Å². The summed E-state index contributed by atoms with van der Waals surface area (Å²) in [5.74, 6) is 1.98. The molecule has 0 atom stereocenters. The van der Waals surface area contributed by atoms with Gasteiger partial charge in [-0.1, -0.05) is 42.5 Å². The van der Waals surface area contributed by atoms with Gasteiger partial charge >= 0.3 is 0 Å². The SMILES string of the molecule is COCc1nccc(N(OCc2ccccc2)C2CCC(c3ccc(OCC(OC)OC)cc3)CC2)c1OC. The number of hydroxylamine groups is 1. The van der Waals surface area contributed by atoms with E-state index >= 15 is 0 Å². The molecule has 1 saturated carbocycles. The Balaban J connectivity index is 1.45. The summed E-state index contributed by atoms with van der Waals surface area (Å²) in [5.41, 5.74) is 4.08. The van der Waals surface area contributed by atoms with Crippen LogP contribution < -0.4 is 14.5 Å². The average Bonchev–Trinajstić information content (AvgIpc) is 2.99. The van der Waals surface area contributed by atoms with Gasteiger partial charge in [0.25, 0.3) is 0 Å². The first-order chi connectivity index (χ1) is 19.2. The topological polar surface area (TPSA) is 71.5 Å². The van der Waals surface area contributed by atoms with Crippen LogP contribution >= 0.6 is 0 Å². The molecule has 8 nitrogen and oxygen atoms in total. The van der Waals surface area contributed by atoms with E-state index in [0.717, 1.165) is 48.4 Å². The molecular weight excluding hydrogens is 496 g/mol. The summed E-state index contributed by atoms with van der Waals surface area (Å²) in [6, 6.07) is 20.8. The standard InChI is InChI=1S/C31H40N2O6/c1-34-21-28-31(37-4)29(18-19-32-28)33(39-20-23-8-6-5-7-9-23)26-14-10-24(11-15-26)25-12-16-27(17-13-25)38-22-30(35-2)36-3/h5-9,12-13,16-19,24,26,30H,10-11,14-15,20-22H2,1-4H3. The van der Waals surface area contributed by atoms with Gasteiger partial charge in [-0.2, -0.15) is 0 Å². The van der Waals surface area contributed by atoms with Gasteiger partial charge in [-0.3, -0.25) is 9.82 Å². The Hall–Kier alpha value is -3.17. The van der Waals surface area contributed by atoms with Crippen LogP contribution in [0.3, 0.4) is 0 Å². The fourth-order valence-electron chi connectivity index (χ4n) is 5.08. The summed E-state index contributed by atoms with van der Waals surface area (Å²) in [7, 11) is 6.54. The number of hydrogen-bond donors (Lipinski definition) is 0. The van der Waals surface area contributed by atoms with Gasteiger partial charge in [0.05, 0.1) is 26.4 Å². The Bertz CT molecular complexity index is 1120. The Morgan fingerprint density at radius 1 is 0.846 bits per heavy atom. The summed E-state index contributed by atoms with van der Waals surface area (Å²) in [4.78, 5) is 11.0. The number of benzene rings is 2. The fraction of sp³-hybridized carbons (Fsp3) is 0.452. The first-order valence-corrected chi connectivity index (χ1v) is 13.4. The second kappa shape index (κ2) is 14.8. The highest BCUT2D eigenvalue weighted by molar-refractivity contribution is 5.59. The van der Waals surface area contributed by atoms with Crippen molar-refractivity contribution in [1.82, 2.24) is 4.98 Å². The average molecular weight is 537 g/mol. The molecule has 1 aliphatic carbocycles. The van der Waals surface area contributed by atoms with Gasteiger partial charge in [-0.25, -0.2) is 5.06 Å². The van der Waals surface area contributed by atoms with Crippen molar-refractivity contribution in [2.75, 3.05) is 40.1 Å². The van der Waals surface area contributed by atoms with Crippen LogP contribution in [0.5, 0.6) is 11.5 Å². The zero-order valence-corrected chi connectivity index (χ0v) is 23.4. The predicted molar refractivity (Wildman–Crippen MR) is 150 cm³/mol. The van der Waals surface area contributed by atoms with E-state index in [1.807, 2.05) is 41.5 Å². The molecule has 1 aromatic heterocycles. The molecule has 8 heteroatoms. The number of hydrogen-bond acceptors (Lipinski definition) is 8. The van der Waals surface area contributed by atoms with Crippen molar-refractivity contribution in [2.45, 2.75) is 57.1 Å².